The molecule has 0 aliphatic rings. The van der Waals surface area contributed by atoms with Gasteiger partial charge in [-0.15, -0.1) is 36.2 Å². The minimum atomic E-state index is 0. The Hall–Kier alpha value is 0.01000. The van der Waals surface area contributed by atoms with E-state index >= 15 is 0 Å². The first kappa shape index (κ1) is 12.7. The number of aromatic nitrogens is 1. The minimum absolute atomic E-state index is 0. The third kappa shape index (κ3) is 2.73. The molecular formula is C5H10Cl2N2S. The van der Waals surface area contributed by atoms with Gasteiger partial charge >= 0.3 is 0 Å². The van der Waals surface area contributed by atoms with Crippen LogP contribution in [0.15, 0.2) is 0 Å². The molecule has 0 atom stereocenters. The SMILES string of the molecule is Cc1nc(C)c(N)s1.Cl.Cl. The third-order valence-corrected chi connectivity index (χ3v) is 1.84. The molecule has 2 N–H and O–H groups in total. The highest BCUT2D eigenvalue weighted by Gasteiger charge is 1.96. The second-order valence-corrected chi connectivity index (χ2v) is 2.92. The van der Waals surface area contributed by atoms with Crippen LogP contribution in [0.1, 0.15) is 10.7 Å². The Kier molecular flexibility index (Phi) is 6.04. The van der Waals surface area contributed by atoms with Crippen molar-refractivity contribution < 1.29 is 0 Å². The number of nitrogens with zero attached hydrogens (tertiary/aromatic N) is 1. The Labute approximate surface area is 76.7 Å². The van der Waals surface area contributed by atoms with Gasteiger partial charge in [0.25, 0.3) is 0 Å². The van der Waals surface area contributed by atoms with E-state index in [-0.39, 0.29) is 24.8 Å². The predicted molar refractivity (Wildman–Crippen MR) is 50.5 cm³/mol. The Morgan fingerprint density at radius 2 is 1.80 bits per heavy atom. The molecular weight excluding hydrogens is 191 g/mol. The lowest BCUT2D eigenvalue weighted by Gasteiger charge is -1.78. The molecule has 0 unspecified atom stereocenters. The summed E-state index contributed by atoms with van der Waals surface area (Å²) in [6.45, 7) is 3.87. The van der Waals surface area contributed by atoms with Crippen LogP contribution in [0, 0.1) is 13.8 Å². The lowest BCUT2D eigenvalue weighted by Crippen LogP contribution is -1.81. The van der Waals surface area contributed by atoms with E-state index in [4.69, 9.17) is 5.73 Å². The van der Waals surface area contributed by atoms with Crippen molar-refractivity contribution in [2.24, 2.45) is 0 Å². The van der Waals surface area contributed by atoms with E-state index in [1.165, 1.54) is 11.3 Å². The first-order chi connectivity index (χ1) is 3.70. The van der Waals surface area contributed by atoms with Crippen molar-refractivity contribution in [3.05, 3.63) is 10.7 Å². The normalized spacial score (nSPS) is 7.80. The maximum atomic E-state index is 5.50. The van der Waals surface area contributed by atoms with Gasteiger partial charge in [-0.25, -0.2) is 4.98 Å². The molecule has 0 fully saturated rings. The van der Waals surface area contributed by atoms with Crippen LogP contribution < -0.4 is 5.73 Å². The maximum absolute atomic E-state index is 5.50. The number of thiazole rings is 1. The fraction of sp³-hybridized carbons (Fsp3) is 0.400. The number of aryl methyl sites for hydroxylation is 2. The van der Waals surface area contributed by atoms with E-state index < -0.39 is 0 Å². The van der Waals surface area contributed by atoms with Crippen LogP contribution in [-0.2, 0) is 0 Å². The Bertz CT molecular complexity index is 180. The molecule has 0 saturated heterocycles. The molecule has 2 nitrogen and oxygen atoms in total. The summed E-state index contributed by atoms with van der Waals surface area (Å²) in [5.41, 5.74) is 6.45. The van der Waals surface area contributed by atoms with E-state index in [0.29, 0.717) is 0 Å². The zero-order valence-corrected chi connectivity index (χ0v) is 8.20. The number of hydrogen-bond acceptors (Lipinski definition) is 3. The molecule has 1 aromatic heterocycles. The molecule has 1 heterocycles. The van der Waals surface area contributed by atoms with E-state index in [9.17, 15) is 0 Å². The number of hydrogen-bond donors (Lipinski definition) is 1. The fourth-order valence-corrected chi connectivity index (χ4v) is 1.24. The summed E-state index contributed by atoms with van der Waals surface area (Å²) in [6.07, 6.45) is 0. The zero-order valence-electron chi connectivity index (χ0n) is 5.75. The molecule has 0 radical (unpaired) electrons. The van der Waals surface area contributed by atoms with Crippen molar-refractivity contribution in [3.63, 3.8) is 0 Å². The van der Waals surface area contributed by atoms with Crippen LogP contribution in [0.5, 0.6) is 0 Å². The van der Waals surface area contributed by atoms with Crippen molar-refractivity contribution in [2.45, 2.75) is 13.8 Å². The number of rotatable bonds is 0. The van der Waals surface area contributed by atoms with Crippen LogP contribution in [-0.4, -0.2) is 4.98 Å². The molecule has 60 valence electrons. The largest absolute Gasteiger partial charge is 0.389 e. The number of halogens is 2. The summed E-state index contributed by atoms with van der Waals surface area (Å²) in [4.78, 5) is 4.10. The first-order valence-corrected chi connectivity index (χ1v) is 3.21. The molecule has 0 aliphatic heterocycles. The standard InChI is InChI=1S/C5H8N2S.2ClH/c1-3-5(6)8-4(2)7-3;;/h6H2,1-2H3;2*1H. The highest BCUT2D eigenvalue weighted by molar-refractivity contribution is 7.15. The topological polar surface area (TPSA) is 38.9 Å². The van der Waals surface area contributed by atoms with Gasteiger partial charge in [0.2, 0.25) is 0 Å². The Balaban J connectivity index is 0. The quantitative estimate of drug-likeness (QED) is 0.698. The molecule has 0 bridgehead atoms. The predicted octanol–water partition coefficient (Wildman–Crippen LogP) is 2.19. The lowest BCUT2D eigenvalue weighted by molar-refractivity contribution is 1.20. The van der Waals surface area contributed by atoms with Crippen LogP contribution in [0.25, 0.3) is 0 Å². The van der Waals surface area contributed by atoms with Gasteiger partial charge in [-0.05, 0) is 13.8 Å². The highest BCUT2D eigenvalue weighted by atomic mass is 35.5. The summed E-state index contributed by atoms with van der Waals surface area (Å²) in [6, 6.07) is 0. The monoisotopic (exact) mass is 200 g/mol. The molecule has 0 amide bonds. The van der Waals surface area contributed by atoms with E-state index in [2.05, 4.69) is 4.98 Å². The van der Waals surface area contributed by atoms with Gasteiger partial charge in [0, 0.05) is 0 Å². The molecule has 0 aliphatic carbocycles. The van der Waals surface area contributed by atoms with Crippen LogP contribution >= 0.6 is 36.2 Å². The molecule has 5 heteroatoms. The molecule has 1 aromatic rings. The zero-order chi connectivity index (χ0) is 6.15. The third-order valence-electron chi connectivity index (χ3n) is 0.939. The molecule has 0 saturated carbocycles. The van der Waals surface area contributed by atoms with E-state index in [1.54, 1.807) is 0 Å². The second-order valence-electron chi connectivity index (χ2n) is 1.68. The highest BCUT2D eigenvalue weighted by Crippen LogP contribution is 2.17. The minimum Gasteiger partial charge on any atom is -0.389 e. The number of nitrogens with two attached hydrogens (primary N) is 1. The van der Waals surface area contributed by atoms with Gasteiger partial charge in [0.05, 0.1) is 10.7 Å². The van der Waals surface area contributed by atoms with Crippen LogP contribution in [0.2, 0.25) is 0 Å². The van der Waals surface area contributed by atoms with E-state index in [0.717, 1.165) is 15.7 Å². The van der Waals surface area contributed by atoms with Crippen LogP contribution in [0.3, 0.4) is 0 Å². The maximum Gasteiger partial charge on any atom is 0.109 e. The summed E-state index contributed by atoms with van der Waals surface area (Å²) < 4.78 is 0. The average molecular weight is 201 g/mol. The van der Waals surface area contributed by atoms with Gasteiger partial charge in [-0.1, -0.05) is 0 Å². The van der Waals surface area contributed by atoms with E-state index in [1.807, 2.05) is 13.8 Å². The first-order valence-electron chi connectivity index (χ1n) is 2.39. The molecule has 10 heavy (non-hydrogen) atoms. The van der Waals surface area contributed by atoms with Crippen molar-refractivity contribution >= 4 is 41.2 Å². The van der Waals surface area contributed by atoms with Gasteiger partial charge in [0.15, 0.2) is 0 Å². The van der Waals surface area contributed by atoms with Crippen LogP contribution in [0.4, 0.5) is 5.00 Å². The smallest absolute Gasteiger partial charge is 0.109 e. The Morgan fingerprint density at radius 1 is 1.30 bits per heavy atom. The summed E-state index contributed by atoms with van der Waals surface area (Å²) in [5.74, 6) is 0. The Morgan fingerprint density at radius 3 is 1.90 bits per heavy atom. The summed E-state index contributed by atoms with van der Waals surface area (Å²) in [5, 5.41) is 1.88. The second kappa shape index (κ2) is 4.77. The van der Waals surface area contributed by atoms with Crippen molar-refractivity contribution in [1.29, 1.82) is 0 Å². The molecule has 0 aromatic carbocycles. The summed E-state index contributed by atoms with van der Waals surface area (Å²) >= 11 is 1.54. The van der Waals surface area contributed by atoms with Crippen molar-refractivity contribution in [1.82, 2.24) is 4.98 Å². The fourth-order valence-electron chi connectivity index (χ4n) is 0.547. The van der Waals surface area contributed by atoms with Crippen molar-refractivity contribution in [3.8, 4) is 0 Å². The van der Waals surface area contributed by atoms with Gasteiger partial charge in [-0.2, -0.15) is 0 Å². The number of nitrogen functional groups attached to an aromatic ring is 1. The van der Waals surface area contributed by atoms with Gasteiger partial charge in [0.1, 0.15) is 5.00 Å². The molecule has 0 spiro atoms. The summed E-state index contributed by atoms with van der Waals surface area (Å²) in [7, 11) is 0. The number of anilines is 1. The lowest BCUT2D eigenvalue weighted by atomic mass is 10.5. The van der Waals surface area contributed by atoms with Crippen molar-refractivity contribution in [2.75, 3.05) is 5.73 Å². The molecule has 1 rings (SSSR count). The average Bonchev–Trinajstić information content (AvgIpc) is 1.85. The van der Waals surface area contributed by atoms with Gasteiger partial charge < -0.3 is 5.73 Å². The van der Waals surface area contributed by atoms with Gasteiger partial charge in [-0.3, -0.25) is 0 Å².